The van der Waals surface area contributed by atoms with Gasteiger partial charge in [-0.25, -0.2) is 4.79 Å². The molecule has 1 aromatic rings. The summed E-state index contributed by atoms with van der Waals surface area (Å²) >= 11 is 0. The maximum atomic E-state index is 12.8. The largest absolute Gasteiger partial charge is 0.374 e. The van der Waals surface area contributed by atoms with E-state index in [-0.39, 0.29) is 36.5 Å². The van der Waals surface area contributed by atoms with Crippen molar-refractivity contribution >= 4 is 17.8 Å². The average Bonchev–Trinajstić information content (AvgIpc) is 2.82. The second-order valence-corrected chi connectivity index (χ2v) is 9.49. The lowest BCUT2D eigenvalue weighted by Crippen LogP contribution is -2.58. The Balaban J connectivity index is 1.22. The first kappa shape index (κ1) is 24.4. The summed E-state index contributed by atoms with van der Waals surface area (Å²) < 4.78 is 5.89. The van der Waals surface area contributed by atoms with E-state index in [4.69, 9.17) is 4.74 Å². The van der Waals surface area contributed by atoms with Crippen molar-refractivity contribution in [2.24, 2.45) is 0 Å². The Hall–Kier alpha value is -2.69. The standard InChI is InChI=1S/C24H36N6O4/c1-18-14-28(16-21-15-27(2)11-12-34-21)9-10-30(18)24(33)26-13-19-3-5-20(6-4-19)23(32)29-8-7-25-22(31)17-29/h3-6,18,21H,7-17H2,1-2H3,(H,25,31)(H,26,33). The van der Waals surface area contributed by atoms with Gasteiger partial charge in [0.15, 0.2) is 0 Å². The third kappa shape index (κ3) is 6.25. The molecule has 0 spiro atoms. The third-order valence-corrected chi connectivity index (χ3v) is 6.75. The number of benzene rings is 1. The molecule has 2 unspecified atom stereocenters. The highest BCUT2D eigenvalue weighted by molar-refractivity contribution is 5.97. The molecule has 10 nitrogen and oxygen atoms in total. The molecule has 3 saturated heterocycles. The Bertz CT molecular complexity index is 879. The highest BCUT2D eigenvalue weighted by Crippen LogP contribution is 2.14. The van der Waals surface area contributed by atoms with Crippen LogP contribution in [0.2, 0.25) is 0 Å². The molecule has 3 aliphatic rings. The Morgan fingerprint density at radius 2 is 1.91 bits per heavy atom. The van der Waals surface area contributed by atoms with E-state index in [1.165, 1.54) is 0 Å². The molecule has 0 radical (unpaired) electrons. The number of nitrogens with zero attached hydrogens (tertiary/aromatic N) is 4. The van der Waals surface area contributed by atoms with Gasteiger partial charge in [0, 0.05) is 70.5 Å². The number of morpholine rings is 1. The summed E-state index contributed by atoms with van der Waals surface area (Å²) in [6, 6.07) is 7.25. The fourth-order valence-corrected chi connectivity index (χ4v) is 4.80. The predicted molar refractivity (Wildman–Crippen MR) is 127 cm³/mol. The van der Waals surface area contributed by atoms with Crippen LogP contribution >= 0.6 is 0 Å². The molecule has 4 amide bonds. The van der Waals surface area contributed by atoms with Gasteiger partial charge in [-0.15, -0.1) is 0 Å². The highest BCUT2D eigenvalue weighted by atomic mass is 16.5. The second-order valence-electron chi connectivity index (χ2n) is 9.49. The van der Waals surface area contributed by atoms with Crippen molar-refractivity contribution in [1.82, 2.24) is 30.2 Å². The molecule has 34 heavy (non-hydrogen) atoms. The van der Waals surface area contributed by atoms with Crippen LogP contribution in [-0.4, -0.2) is 122 Å². The second kappa shape index (κ2) is 11.2. The van der Waals surface area contributed by atoms with Crippen LogP contribution < -0.4 is 10.6 Å². The van der Waals surface area contributed by atoms with E-state index < -0.39 is 0 Å². The zero-order valence-corrected chi connectivity index (χ0v) is 20.2. The van der Waals surface area contributed by atoms with E-state index in [0.717, 1.165) is 44.9 Å². The Labute approximate surface area is 201 Å². The van der Waals surface area contributed by atoms with Crippen LogP contribution in [0.15, 0.2) is 24.3 Å². The molecule has 4 rings (SSSR count). The molecule has 0 saturated carbocycles. The van der Waals surface area contributed by atoms with Crippen molar-refractivity contribution in [2.75, 3.05) is 72.6 Å². The fraction of sp³-hybridized carbons (Fsp3) is 0.625. The first-order valence-corrected chi connectivity index (χ1v) is 12.1. The number of nitrogens with one attached hydrogen (secondary N) is 2. The minimum atomic E-state index is -0.151. The lowest BCUT2D eigenvalue weighted by molar-refractivity contribution is -0.123. The summed E-state index contributed by atoms with van der Waals surface area (Å²) in [7, 11) is 2.13. The number of carbonyl (C=O) groups excluding carboxylic acids is 3. The molecule has 3 fully saturated rings. The molecule has 3 heterocycles. The molecule has 2 atom stereocenters. The van der Waals surface area contributed by atoms with Gasteiger partial charge in [0.25, 0.3) is 5.91 Å². The van der Waals surface area contributed by atoms with Crippen LogP contribution in [0.5, 0.6) is 0 Å². The van der Waals surface area contributed by atoms with Crippen molar-refractivity contribution in [3.63, 3.8) is 0 Å². The first-order valence-electron chi connectivity index (χ1n) is 12.1. The lowest BCUT2D eigenvalue weighted by Gasteiger charge is -2.42. The number of hydrogen-bond donors (Lipinski definition) is 2. The Morgan fingerprint density at radius 3 is 2.62 bits per heavy atom. The van der Waals surface area contributed by atoms with E-state index in [2.05, 4.69) is 34.4 Å². The number of carbonyl (C=O) groups is 3. The number of likely N-dealkylation sites (N-methyl/N-ethyl adjacent to an activating group) is 1. The number of ether oxygens (including phenoxy) is 1. The molecular weight excluding hydrogens is 436 g/mol. The summed E-state index contributed by atoms with van der Waals surface area (Å²) in [5.41, 5.74) is 1.47. The van der Waals surface area contributed by atoms with Gasteiger partial charge in [0.05, 0.1) is 19.3 Å². The highest BCUT2D eigenvalue weighted by Gasteiger charge is 2.30. The molecule has 0 aliphatic carbocycles. The average molecular weight is 473 g/mol. The van der Waals surface area contributed by atoms with Gasteiger partial charge in [-0.05, 0) is 31.7 Å². The van der Waals surface area contributed by atoms with E-state index in [1.54, 1.807) is 17.0 Å². The monoisotopic (exact) mass is 472 g/mol. The van der Waals surface area contributed by atoms with Crippen molar-refractivity contribution in [2.45, 2.75) is 25.6 Å². The van der Waals surface area contributed by atoms with Gasteiger partial charge < -0.3 is 30.1 Å². The lowest BCUT2D eigenvalue weighted by atomic mass is 10.1. The number of piperazine rings is 2. The quantitative estimate of drug-likeness (QED) is 0.617. The van der Waals surface area contributed by atoms with E-state index in [1.807, 2.05) is 17.0 Å². The third-order valence-electron chi connectivity index (χ3n) is 6.75. The predicted octanol–water partition coefficient (Wildman–Crippen LogP) is -0.195. The topological polar surface area (TPSA) is 97.5 Å². The van der Waals surface area contributed by atoms with Gasteiger partial charge in [0.2, 0.25) is 5.91 Å². The van der Waals surface area contributed by atoms with Gasteiger partial charge in [-0.3, -0.25) is 14.5 Å². The van der Waals surface area contributed by atoms with E-state index >= 15 is 0 Å². The zero-order chi connectivity index (χ0) is 24.1. The number of hydrogen-bond acceptors (Lipinski definition) is 6. The Kier molecular flexibility index (Phi) is 8.02. The minimum Gasteiger partial charge on any atom is -0.374 e. The number of rotatable bonds is 5. The van der Waals surface area contributed by atoms with Crippen molar-refractivity contribution in [1.29, 1.82) is 0 Å². The minimum absolute atomic E-state index is 0.0692. The van der Waals surface area contributed by atoms with Gasteiger partial charge in [0.1, 0.15) is 0 Å². The van der Waals surface area contributed by atoms with Crippen LogP contribution in [0.4, 0.5) is 4.79 Å². The van der Waals surface area contributed by atoms with E-state index in [9.17, 15) is 14.4 Å². The van der Waals surface area contributed by atoms with Gasteiger partial charge >= 0.3 is 6.03 Å². The van der Waals surface area contributed by atoms with Crippen molar-refractivity contribution in [3.05, 3.63) is 35.4 Å². The molecule has 1 aromatic carbocycles. The van der Waals surface area contributed by atoms with Crippen LogP contribution in [0.1, 0.15) is 22.8 Å². The summed E-state index contributed by atoms with van der Waals surface area (Å²) in [5.74, 6) is -0.286. The number of amides is 4. The van der Waals surface area contributed by atoms with Crippen molar-refractivity contribution < 1.29 is 19.1 Å². The molecule has 0 bridgehead atoms. The molecule has 186 valence electrons. The molecule has 10 heteroatoms. The number of urea groups is 1. The maximum Gasteiger partial charge on any atom is 0.317 e. The van der Waals surface area contributed by atoms with Crippen LogP contribution in [-0.2, 0) is 16.1 Å². The van der Waals surface area contributed by atoms with Crippen LogP contribution in [0, 0.1) is 0 Å². The molecule has 2 N–H and O–H groups in total. The normalized spacial score (nSPS) is 24.6. The zero-order valence-electron chi connectivity index (χ0n) is 20.2. The molecule has 0 aromatic heterocycles. The molecule has 3 aliphatic heterocycles. The van der Waals surface area contributed by atoms with Gasteiger partial charge in [-0.2, -0.15) is 0 Å². The maximum absolute atomic E-state index is 12.8. The van der Waals surface area contributed by atoms with Gasteiger partial charge in [-0.1, -0.05) is 12.1 Å². The summed E-state index contributed by atoms with van der Waals surface area (Å²) in [6.07, 6.45) is 0.230. The van der Waals surface area contributed by atoms with Crippen LogP contribution in [0.3, 0.4) is 0 Å². The first-order chi connectivity index (χ1) is 16.4. The molecular formula is C24H36N6O4. The summed E-state index contributed by atoms with van der Waals surface area (Å²) in [4.78, 5) is 45.0. The van der Waals surface area contributed by atoms with E-state index in [0.29, 0.717) is 31.7 Å². The van der Waals surface area contributed by atoms with Crippen molar-refractivity contribution in [3.8, 4) is 0 Å². The SMILES string of the molecule is CC1CN(CC2CN(C)CCO2)CCN1C(=O)NCc1ccc(C(=O)N2CCNC(=O)C2)cc1. The fourth-order valence-electron chi connectivity index (χ4n) is 4.80. The van der Waals surface area contributed by atoms with Crippen LogP contribution in [0.25, 0.3) is 0 Å². The Morgan fingerprint density at radius 1 is 1.12 bits per heavy atom. The smallest absolute Gasteiger partial charge is 0.317 e. The summed E-state index contributed by atoms with van der Waals surface area (Å²) in [5, 5.41) is 5.73. The summed E-state index contributed by atoms with van der Waals surface area (Å²) in [6.45, 7) is 9.54.